The van der Waals surface area contributed by atoms with E-state index in [9.17, 15) is 18.4 Å². The molecule has 0 saturated heterocycles. The van der Waals surface area contributed by atoms with Crippen LogP contribution in [0.5, 0.6) is 0 Å². The molecule has 0 aromatic heterocycles. The predicted octanol–water partition coefficient (Wildman–Crippen LogP) is 1.17. The summed E-state index contributed by atoms with van der Waals surface area (Å²) in [7, 11) is 1.58. The van der Waals surface area contributed by atoms with Crippen molar-refractivity contribution in [2.75, 3.05) is 20.1 Å². The molecule has 0 saturated carbocycles. The third-order valence-corrected chi connectivity index (χ3v) is 2.50. The topological polar surface area (TPSA) is 49.4 Å². The van der Waals surface area contributed by atoms with Crippen LogP contribution < -0.4 is 5.32 Å². The molecule has 0 aliphatic heterocycles. The van der Waals surface area contributed by atoms with E-state index in [1.54, 1.807) is 14.0 Å². The maximum atomic E-state index is 13.3. The summed E-state index contributed by atoms with van der Waals surface area (Å²) in [6.07, 6.45) is 0. The van der Waals surface area contributed by atoms with Crippen LogP contribution >= 0.6 is 0 Å². The van der Waals surface area contributed by atoms with E-state index < -0.39 is 23.1 Å². The van der Waals surface area contributed by atoms with Crippen LogP contribution in [0.25, 0.3) is 0 Å². The fourth-order valence-corrected chi connectivity index (χ4v) is 1.24. The summed E-state index contributed by atoms with van der Waals surface area (Å²) in [5.74, 6) is -3.43. The fraction of sp³-hybridized carbons (Fsp3) is 0.333. The normalized spacial score (nSPS) is 10.0. The molecule has 2 amide bonds. The van der Waals surface area contributed by atoms with Crippen molar-refractivity contribution in [1.82, 2.24) is 10.2 Å². The molecule has 1 aromatic rings. The summed E-state index contributed by atoms with van der Waals surface area (Å²) in [6, 6.07) is 3.30. The third-order valence-electron chi connectivity index (χ3n) is 2.50. The van der Waals surface area contributed by atoms with Crippen molar-refractivity contribution in [3.63, 3.8) is 0 Å². The molecular formula is C12H14F2N2O2. The van der Waals surface area contributed by atoms with Crippen molar-refractivity contribution in [3.05, 3.63) is 35.4 Å². The molecule has 0 atom stereocenters. The van der Waals surface area contributed by atoms with E-state index in [1.807, 2.05) is 0 Å². The van der Waals surface area contributed by atoms with Crippen molar-refractivity contribution in [3.8, 4) is 0 Å². The van der Waals surface area contributed by atoms with Gasteiger partial charge in [0.1, 0.15) is 0 Å². The molecule has 1 N–H and O–H groups in total. The predicted molar refractivity (Wildman–Crippen MR) is 62.0 cm³/mol. The minimum atomic E-state index is -1.22. The molecule has 0 unspecified atom stereocenters. The Bertz CT molecular complexity index is 463. The zero-order valence-corrected chi connectivity index (χ0v) is 10.2. The molecule has 1 aromatic carbocycles. The van der Waals surface area contributed by atoms with Crippen LogP contribution in [0.3, 0.4) is 0 Å². The maximum Gasteiger partial charge on any atom is 0.254 e. The molecule has 0 spiro atoms. The highest BCUT2D eigenvalue weighted by Gasteiger charge is 2.16. The van der Waals surface area contributed by atoms with E-state index in [1.165, 1.54) is 11.0 Å². The van der Waals surface area contributed by atoms with Gasteiger partial charge in [-0.25, -0.2) is 8.78 Å². The average Bonchev–Trinajstić information content (AvgIpc) is 2.37. The van der Waals surface area contributed by atoms with E-state index in [0.717, 1.165) is 12.1 Å². The molecular weight excluding hydrogens is 242 g/mol. The Kier molecular flexibility index (Phi) is 4.76. The molecule has 1 rings (SSSR count). The van der Waals surface area contributed by atoms with E-state index in [0.29, 0.717) is 6.54 Å². The van der Waals surface area contributed by atoms with E-state index in [-0.39, 0.29) is 12.5 Å². The van der Waals surface area contributed by atoms with Gasteiger partial charge >= 0.3 is 0 Å². The van der Waals surface area contributed by atoms with Crippen LogP contribution in [0.15, 0.2) is 18.2 Å². The molecule has 0 radical (unpaired) electrons. The van der Waals surface area contributed by atoms with E-state index in [2.05, 4.69) is 5.32 Å². The van der Waals surface area contributed by atoms with Crippen molar-refractivity contribution in [2.24, 2.45) is 0 Å². The summed E-state index contributed by atoms with van der Waals surface area (Å²) in [6.45, 7) is 2.04. The number of hydrogen-bond acceptors (Lipinski definition) is 2. The van der Waals surface area contributed by atoms with E-state index >= 15 is 0 Å². The number of rotatable bonds is 4. The van der Waals surface area contributed by atoms with Gasteiger partial charge in [-0.05, 0) is 19.1 Å². The van der Waals surface area contributed by atoms with Crippen LogP contribution in [0.4, 0.5) is 8.78 Å². The van der Waals surface area contributed by atoms with Gasteiger partial charge in [-0.1, -0.05) is 6.07 Å². The number of carbonyl (C=O) groups excluding carboxylic acids is 2. The Morgan fingerprint density at radius 1 is 1.33 bits per heavy atom. The summed E-state index contributed by atoms with van der Waals surface area (Å²) in [5, 5.41) is 2.25. The number of nitrogens with zero attached hydrogens (tertiary/aromatic N) is 1. The third kappa shape index (κ3) is 3.26. The van der Waals surface area contributed by atoms with Gasteiger partial charge in [0, 0.05) is 13.6 Å². The number of carbonyl (C=O) groups is 2. The van der Waals surface area contributed by atoms with Crippen molar-refractivity contribution >= 4 is 11.8 Å². The van der Waals surface area contributed by atoms with Gasteiger partial charge in [0.05, 0.1) is 12.1 Å². The van der Waals surface area contributed by atoms with Crippen LogP contribution in [0.2, 0.25) is 0 Å². The highest BCUT2D eigenvalue weighted by Crippen LogP contribution is 2.10. The van der Waals surface area contributed by atoms with Gasteiger partial charge in [-0.2, -0.15) is 0 Å². The first-order valence-electron chi connectivity index (χ1n) is 5.43. The molecule has 0 fully saturated rings. The van der Waals surface area contributed by atoms with Crippen molar-refractivity contribution < 1.29 is 18.4 Å². The molecule has 98 valence electrons. The minimum absolute atomic E-state index is 0.251. The smallest absolute Gasteiger partial charge is 0.254 e. The first kappa shape index (κ1) is 14.1. The highest BCUT2D eigenvalue weighted by atomic mass is 19.2. The first-order chi connectivity index (χ1) is 8.47. The van der Waals surface area contributed by atoms with Gasteiger partial charge < -0.3 is 10.2 Å². The number of likely N-dealkylation sites (N-methyl/N-ethyl adjacent to an activating group) is 1. The SMILES string of the molecule is CCN(C)C(=O)CNC(=O)c1cccc(F)c1F. The molecule has 0 bridgehead atoms. The Balaban J connectivity index is 2.67. The van der Waals surface area contributed by atoms with Gasteiger partial charge in [0.25, 0.3) is 5.91 Å². The monoisotopic (exact) mass is 256 g/mol. The summed E-state index contributed by atoms with van der Waals surface area (Å²) < 4.78 is 26.2. The molecule has 0 aliphatic carbocycles. The fourth-order valence-electron chi connectivity index (χ4n) is 1.24. The number of benzene rings is 1. The zero-order valence-electron chi connectivity index (χ0n) is 10.2. The maximum absolute atomic E-state index is 13.3. The highest BCUT2D eigenvalue weighted by molar-refractivity contribution is 5.96. The second kappa shape index (κ2) is 6.09. The number of hydrogen-bond donors (Lipinski definition) is 1. The first-order valence-corrected chi connectivity index (χ1v) is 5.43. The second-order valence-corrected chi connectivity index (χ2v) is 3.69. The Labute approximate surface area is 104 Å². The Morgan fingerprint density at radius 3 is 2.61 bits per heavy atom. The lowest BCUT2D eigenvalue weighted by atomic mass is 10.2. The Morgan fingerprint density at radius 2 is 2.00 bits per heavy atom. The zero-order chi connectivity index (χ0) is 13.7. The average molecular weight is 256 g/mol. The minimum Gasteiger partial charge on any atom is -0.345 e. The van der Waals surface area contributed by atoms with Gasteiger partial charge in [0.15, 0.2) is 11.6 Å². The van der Waals surface area contributed by atoms with Crippen LogP contribution in [-0.2, 0) is 4.79 Å². The largest absolute Gasteiger partial charge is 0.345 e. The second-order valence-electron chi connectivity index (χ2n) is 3.69. The van der Waals surface area contributed by atoms with Crippen LogP contribution in [-0.4, -0.2) is 36.9 Å². The quantitative estimate of drug-likeness (QED) is 0.879. The van der Waals surface area contributed by atoms with Gasteiger partial charge in [0.2, 0.25) is 5.91 Å². The number of amides is 2. The van der Waals surface area contributed by atoms with Crippen LogP contribution in [0.1, 0.15) is 17.3 Å². The molecule has 6 heteroatoms. The Hall–Kier alpha value is -1.98. The van der Waals surface area contributed by atoms with Crippen molar-refractivity contribution in [2.45, 2.75) is 6.92 Å². The lowest BCUT2D eigenvalue weighted by Gasteiger charge is -2.14. The molecule has 4 nitrogen and oxygen atoms in total. The lowest BCUT2D eigenvalue weighted by Crippen LogP contribution is -2.38. The standard InChI is InChI=1S/C12H14F2N2O2/c1-3-16(2)10(17)7-15-12(18)8-5-4-6-9(13)11(8)14/h4-6H,3,7H2,1-2H3,(H,15,18). The number of nitrogens with one attached hydrogen (secondary N) is 1. The summed E-state index contributed by atoms with van der Waals surface area (Å²) in [5.41, 5.74) is -0.415. The molecule has 18 heavy (non-hydrogen) atoms. The summed E-state index contributed by atoms with van der Waals surface area (Å²) in [4.78, 5) is 24.4. The lowest BCUT2D eigenvalue weighted by molar-refractivity contribution is -0.128. The van der Waals surface area contributed by atoms with Gasteiger partial charge in [-0.3, -0.25) is 9.59 Å². The van der Waals surface area contributed by atoms with Crippen LogP contribution in [0, 0.1) is 11.6 Å². The van der Waals surface area contributed by atoms with Crippen molar-refractivity contribution in [1.29, 1.82) is 0 Å². The number of halogens is 2. The van der Waals surface area contributed by atoms with E-state index in [4.69, 9.17) is 0 Å². The summed E-state index contributed by atoms with van der Waals surface area (Å²) >= 11 is 0. The van der Waals surface area contributed by atoms with Gasteiger partial charge in [-0.15, -0.1) is 0 Å². The molecule has 0 heterocycles. The molecule has 0 aliphatic rings.